The zero-order valence-electron chi connectivity index (χ0n) is 11.9. The van der Waals surface area contributed by atoms with E-state index in [0.717, 1.165) is 10.0 Å². The summed E-state index contributed by atoms with van der Waals surface area (Å²) in [6, 6.07) is 10.7. The lowest BCUT2D eigenvalue weighted by molar-refractivity contribution is 0.0527. The number of hydrogen-bond donors (Lipinski definition) is 1. The molecule has 2 N–H and O–H groups in total. The number of rotatable bonds is 4. The van der Waals surface area contributed by atoms with Crippen LogP contribution in [0.25, 0.3) is 0 Å². The number of nitrogens with two attached hydrogens (primary N) is 1. The Morgan fingerprint density at radius 2 is 2.05 bits per heavy atom. The minimum atomic E-state index is -0.451. The van der Waals surface area contributed by atoms with E-state index in [1.807, 2.05) is 25.1 Å². The molecule has 2 aromatic carbocycles. The minimum absolute atomic E-state index is 0.275. The van der Waals surface area contributed by atoms with E-state index in [9.17, 15) is 4.79 Å². The Morgan fingerprint density at radius 1 is 1.29 bits per heavy atom. The maximum atomic E-state index is 11.8. The predicted octanol–water partition coefficient (Wildman–Crippen LogP) is 4.31. The topological polar surface area (TPSA) is 61.5 Å². The molecule has 0 unspecified atom stereocenters. The first kappa shape index (κ1) is 15.4. The molecule has 0 aliphatic rings. The SMILES string of the molecule is CCOC(=O)c1cccc(Oc2ccc(Br)c(C)c2)c1N. The molecule has 21 heavy (non-hydrogen) atoms. The van der Waals surface area contributed by atoms with Gasteiger partial charge in [0.25, 0.3) is 0 Å². The lowest BCUT2D eigenvalue weighted by Crippen LogP contribution is -2.08. The molecular formula is C16H16BrNO3. The van der Waals surface area contributed by atoms with Gasteiger partial charge in [-0.05, 0) is 49.7 Å². The van der Waals surface area contributed by atoms with Crippen LogP contribution in [-0.2, 0) is 4.74 Å². The highest BCUT2D eigenvalue weighted by Crippen LogP contribution is 2.32. The van der Waals surface area contributed by atoms with Crippen LogP contribution < -0.4 is 10.5 Å². The van der Waals surface area contributed by atoms with Gasteiger partial charge in [0.15, 0.2) is 5.75 Å². The smallest absolute Gasteiger partial charge is 0.340 e. The van der Waals surface area contributed by atoms with Gasteiger partial charge in [-0.15, -0.1) is 0 Å². The van der Waals surface area contributed by atoms with Crippen LogP contribution in [0.2, 0.25) is 0 Å². The fourth-order valence-electron chi connectivity index (χ4n) is 1.83. The monoisotopic (exact) mass is 349 g/mol. The molecule has 0 fully saturated rings. The molecule has 0 aliphatic heterocycles. The minimum Gasteiger partial charge on any atom is -0.462 e. The third kappa shape index (κ3) is 3.55. The molecular weight excluding hydrogens is 334 g/mol. The van der Waals surface area contributed by atoms with Crippen molar-refractivity contribution in [2.45, 2.75) is 13.8 Å². The van der Waals surface area contributed by atoms with Gasteiger partial charge in [0.1, 0.15) is 5.75 Å². The lowest BCUT2D eigenvalue weighted by atomic mass is 10.1. The third-order valence-electron chi connectivity index (χ3n) is 2.92. The Morgan fingerprint density at radius 3 is 2.71 bits per heavy atom. The second-order valence-corrected chi connectivity index (χ2v) is 5.31. The van der Waals surface area contributed by atoms with Gasteiger partial charge in [-0.25, -0.2) is 4.79 Å². The van der Waals surface area contributed by atoms with Crippen molar-refractivity contribution in [3.05, 3.63) is 52.0 Å². The van der Waals surface area contributed by atoms with Crippen LogP contribution in [0.4, 0.5) is 5.69 Å². The van der Waals surface area contributed by atoms with Crippen molar-refractivity contribution in [2.75, 3.05) is 12.3 Å². The summed E-state index contributed by atoms with van der Waals surface area (Å²) in [6.07, 6.45) is 0. The number of anilines is 1. The Bertz CT molecular complexity index is 671. The number of ether oxygens (including phenoxy) is 2. The van der Waals surface area contributed by atoms with E-state index in [1.165, 1.54) is 0 Å². The number of esters is 1. The summed E-state index contributed by atoms with van der Waals surface area (Å²) in [5.74, 6) is 0.637. The van der Waals surface area contributed by atoms with Crippen molar-refractivity contribution in [1.82, 2.24) is 0 Å². The molecule has 0 aliphatic carbocycles. The number of aryl methyl sites for hydroxylation is 1. The maximum absolute atomic E-state index is 11.8. The highest BCUT2D eigenvalue weighted by molar-refractivity contribution is 9.10. The first-order chi connectivity index (χ1) is 10.0. The molecule has 0 bridgehead atoms. The average Bonchev–Trinajstić information content (AvgIpc) is 2.45. The number of carbonyl (C=O) groups is 1. The molecule has 0 spiro atoms. The first-order valence-electron chi connectivity index (χ1n) is 6.52. The highest BCUT2D eigenvalue weighted by atomic mass is 79.9. The van der Waals surface area contributed by atoms with Gasteiger partial charge in [0.2, 0.25) is 0 Å². The summed E-state index contributed by atoms with van der Waals surface area (Å²) in [5, 5.41) is 0. The predicted molar refractivity (Wildman–Crippen MR) is 85.8 cm³/mol. The average molecular weight is 350 g/mol. The van der Waals surface area contributed by atoms with E-state index >= 15 is 0 Å². The van der Waals surface area contributed by atoms with Gasteiger partial charge in [-0.1, -0.05) is 22.0 Å². The van der Waals surface area contributed by atoms with Crippen LogP contribution in [-0.4, -0.2) is 12.6 Å². The molecule has 0 amide bonds. The van der Waals surface area contributed by atoms with E-state index in [0.29, 0.717) is 23.7 Å². The van der Waals surface area contributed by atoms with Crippen LogP contribution in [0.5, 0.6) is 11.5 Å². The molecule has 0 radical (unpaired) electrons. The summed E-state index contributed by atoms with van der Waals surface area (Å²) < 4.78 is 11.7. The zero-order valence-corrected chi connectivity index (χ0v) is 13.4. The first-order valence-corrected chi connectivity index (χ1v) is 7.31. The number of carbonyl (C=O) groups excluding carboxylic acids is 1. The van der Waals surface area contributed by atoms with Crippen LogP contribution in [0, 0.1) is 6.92 Å². The third-order valence-corrected chi connectivity index (χ3v) is 3.81. The Kier molecular flexibility index (Phi) is 4.85. The molecule has 0 saturated heterocycles. The van der Waals surface area contributed by atoms with Crippen molar-refractivity contribution >= 4 is 27.6 Å². The molecule has 2 rings (SSSR count). The van der Waals surface area contributed by atoms with Crippen LogP contribution in [0.1, 0.15) is 22.8 Å². The maximum Gasteiger partial charge on any atom is 0.340 e. The van der Waals surface area contributed by atoms with E-state index in [1.54, 1.807) is 25.1 Å². The number of para-hydroxylation sites is 1. The van der Waals surface area contributed by atoms with Gasteiger partial charge in [-0.2, -0.15) is 0 Å². The lowest BCUT2D eigenvalue weighted by Gasteiger charge is -2.12. The molecule has 0 atom stereocenters. The van der Waals surface area contributed by atoms with E-state index in [-0.39, 0.29) is 5.69 Å². The van der Waals surface area contributed by atoms with E-state index in [4.69, 9.17) is 15.2 Å². The van der Waals surface area contributed by atoms with Crippen molar-refractivity contribution < 1.29 is 14.3 Å². The molecule has 5 heteroatoms. The zero-order chi connectivity index (χ0) is 15.4. The van der Waals surface area contributed by atoms with E-state index < -0.39 is 5.97 Å². The largest absolute Gasteiger partial charge is 0.462 e. The fraction of sp³-hybridized carbons (Fsp3) is 0.188. The standard InChI is InChI=1S/C16H16BrNO3/c1-3-20-16(19)12-5-4-6-14(15(12)18)21-11-7-8-13(17)10(2)9-11/h4-9H,3,18H2,1-2H3. The van der Waals surface area contributed by atoms with Crippen molar-refractivity contribution in [3.63, 3.8) is 0 Å². The Labute approximate surface area is 132 Å². The fourth-order valence-corrected chi connectivity index (χ4v) is 2.07. The number of halogens is 1. The van der Waals surface area contributed by atoms with E-state index in [2.05, 4.69) is 15.9 Å². The Hall–Kier alpha value is -2.01. The summed E-state index contributed by atoms with van der Waals surface area (Å²) in [7, 11) is 0. The van der Waals surface area contributed by atoms with Gasteiger partial charge in [-0.3, -0.25) is 0 Å². The quantitative estimate of drug-likeness (QED) is 0.659. The molecule has 2 aromatic rings. The van der Waals surface area contributed by atoms with Gasteiger partial charge in [0, 0.05) is 4.47 Å². The molecule has 4 nitrogen and oxygen atoms in total. The van der Waals surface area contributed by atoms with Crippen LogP contribution in [0.3, 0.4) is 0 Å². The second kappa shape index (κ2) is 6.63. The van der Waals surface area contributed by atoms with Crippen LogP contribution in [0.15, 0.2) is 40.9 Å². The molecule has 110 valence electrons. The second-order valence-electron chi connectivity index (χ2n) is 4.45. The molecule has 0 heterocycles. The molecule has 0 saturated carbocycles. The summed E-state index contributed by atoms with van der Waals surface area (Å²) >= 11 is 3.44. The molecule has 0 aromatic heterocycles. The Balaban J connectivity index is 2.30. The van der Waals surface area contributed by atoms with Crippen molar-refractivity contribution in [3.8, 4) is 11.5 Å². The van der Waals surface area contributed by atoms with Gasteiger partial charge < -0.3 is 15.2 Å². The van der Waals surface area contributed by atoms with Crippen molar-refractivity contribution in [1.29, 1.82) is 0 Å². The summed E-state index contributed by atoms with van der Waals surface area (Å²) in [4.78, 5) is 11.8. The number of benzene rings is 2. The van der Waals surface area contributed by atoms with Crippen molar-refractivity contribution in [2.24, 2.45) is 0 Å². The normalized spacial score (nSPS) is 10.2. The summed E-state index contributed by atoms with van der Waals surface area (Å²) in [5.41, 5.74) is 7.63. The van der Waals surface area contributed by atoms with Crippen LogP contribution >= 0.6 is 15.9 Å². The number of hydrogen-bond acceptors (Lipinski definition) is 4. The number of nitrogen functional groups attached to an aromatic ring is 1. The summed E-state index contributed by atoms with van der Waals surface area (Å²) in [6.45, 7) is 4.02. The highest BCUT2D eigenvalue weighted by Gasteiger charge is 2.14. The van der Waals surface area contributed by atoms with Gasteiger partial charge >= 0.3 is 5.97 Å². The van der Waals surface area contributed by atoms with Gasteiger partial charge in [0.05, 0.1) is 17.9 Å².